The predicted molar refractivity (Wildman–Crippen MR) is 136 cm³/mol. The summed E-state index contributed by atoms with van der Waals surface area (Å²) in [4.78, 5) is 20.9. The van der Waals surface area contributed by atoms with E-state index in [4.69, 9.17) is 0 Å². The highest BCUT2D eigenvalue weighted by atomic mass is 15.3. The van der Waals surface area contributed by atoms with Crippen LogP contribution >= 0.6 is 0 Å². The van der Waals surface area contributed by atoms with E-state index in [1.165, 1.54) is 36.8 Å². The quantitative estimate of drug-likeness (QED) is 0.642. The van der Waals surface area contributed by atoms with Crippen molar-refractivity contribution in [3.8, 4) is 11.1 Å². The van der Waals surface area contributed by atoms with Crippen LogP contribution in [0.15, 0.2) is 42.9 Å². The molecule has 0 atom stereocenters. The molecule has 1 N–H and O–H groups in total. The summed E-state index contributed by atoms with van der Waals surface area (Å²) in [6, 6.07) is 9.84. The second kappa shape index (κ2) is 9.61. The summed E-state index contributed by atoms with van der Waals surface area (Å²) in [6.45, 7) is 4.05. The summed E-state index contributed by atoms with van der Waals surface area (Å²) >= 11 is 0. The first-order valence-corrected chi connectivity index (χ1v) is 12.1. The number of piperazine rings is 1. The third-order valence-corrected chi connectivity index (χ3v) is 7.29. The first-order valence-electron chi connectivity index (χ1n) is 12.1. The van der Waals surface area contributed by atoms with E-state index in [0.29, 0.717) is 12.1 Å². The Balaban J connectivity index is 1.30. The zero-order valence-corrected chi connectivity index (χ0v) is 20.0. The Morgan fingerprint density at radius 2 is 1.61 bits per heavy atom. The maximum atomic E-state index is 4.66. The van der Waals surface area contributed by atoms with Crippen molar-refractivity contribution in [2.24, 2.45) is 0 Å². The summed E-state index contributed by atoms with van der Waals surface area (Å²) in [5.41, 5.74) is 4.31. The van der Waals surface area contributed by atoms with Gasteiger partial charge in [0.15, 0.2) is 0 Å². The maximum absolute atomic E-state index is 4.66. The summed E-state index contributed by atoms with van der Waals surface area (Å²) < 4.78 is 0. The topological polar surface area (TPSA) is 60.4 Å². The molecule has 1 aromatic carbocycles. The molecule has 1 aliphatic heterocycles. The number of hydrogen-bond acceptors (Lipinski definition) is 7. The van der Waals surface area contributed by atoms with Gasteiger partial charge < -0.3 is 20.0 Å². The maximum Gasteiger partial charge on any atom is 0.225 e. The van der Waals surface area contributed by atoms with Crippen molar-refractivity contribution >= 4 is 22.5 Å². The molecule has 0 unspecified atom stereocenters. The number of likely N-dealkylation sites (N-methyl/N-ethyl adjacent to an activating group) is 1. The minimum absolute atomic E-state index is 0.530. The van der Waals surface area contributed by atoms with Crippen molar-refractivity contribution in [3.05, 3.63) is 42.9 Å². The van der Waals surface area contributed by atoms with Crippen LogP contribution in [0.1, 0.15) is 25.7 Å². The van der Waals surface area contributed by atoms with Crippen LogP contribution in [0.5, 0.6) is 0 Å². The molecule has 0 spiro atoms. The lowest BCUT2D eigenvalue weighted by atomic mass is 9.90. The summed E-state index contributed by atoms with van der Waals surface area (Å²) in [7, 11) is 6.54. The number of pyridine rings is 1. The number of hydrogen-bond donors (Lipinski definition) is 1. The van der Waals surface area contributed by atoms with E-state index in [0.717, 1.165) is 48.8 Å². The lowest BCUT2D eigenvalue weighted by molar-refractivity contribution is 0.221. The number of benzene rings is 1. The zero-order chi connectivity index (χ0) is 22.8. The third kappa shape index (κ3) is 4.94. The highest BCUT2D eigenvalue weighted by molar-refractivity contribution is 5.93. The Morgan fingerprint density at radius 3 is 2.30 bits per heavy atom. The van der Waals surface area contributed by atoms with E-state index >= 15 is 0 Å². The van der Waals surface area contributed by atoms with Crippen LogP contribution in [0.2, 0.25) is 0 Å². The van der Waals surface area contributed by atoms with Crippen LogP contribution in [0.25, 0.3) is 22.0 Å². The van der Waals surface area contributed by atoms with Gasteiger partial charge in [-0.25, -0.2) is 9.97 Å². The molecule has 1 saturated carbocycles. The molecule has 7 heteroatoms. The minimum Gasteiger partial charge on any atom is -0.382 e. The van der Waals surface area contributed by atoms with Gasteiger partial charge in [-0.05, 0) is 64.5 Å². The molecule has 174 valence electrons. The molecular formula is C26H35N7. The van der Waals surface area contributed by atoms with Crippen LogP contribution in [-0.4, -0.2) is 84.2 Å². The molecule has 7 nitrogen and oxygen atoms in total. The molecule has 33 heavy (non-hydrogen) atoms. The molecule has 2 aliphatic rings. The fraction of sp³-hybridized carbons (Fsp3) is 0.500. The van der Waals surface area contributed by atoms with Crippen molar-refractivity contribution in [3.63, 3.8) is 0 Å². The summed E-state index contributed by atoms with van der Waals surface area (Å²) in [5, 5.41) is 4.97. The van der Waals surface area contributed by atoms with Gasteiger partial charge in [-0.3, -0.25) is 4.98 Å². The highest BCUT2D eigenvalue weighted by Gasteiger charge is 2.22. The number of rotatable bonds is 5. The summed E-state index contributed by atoms with van der Waals surface area (Å²) in [6.07, 6.45) is 10.7. The molecule has 3 aromatic rings. The minimum atomic E-state index is 0.530. The standard InChI is InChI=1S/C26H35N7/c1-31(2)22-7-5-21(6-8-22)30-24-10-11-27-25-16-19(4-9-23(24)25)20-17-28-26(29-18-20)33-14-12-32(3)13-15-33/h4,9-11,16-18,21-22H,5-8,12-15H2,1-3H3,(H,27,30). The molecule has 1 aliphatic carbocycles. The molecule has 5 rings (SSSR count). The van der Waals surface area contributed by atoms with Crippen molar-refractivity contribution in [1.29, 1.82) is 0 Å². The Bertz CT molecular complexity index is 1070. The number of fused-ring (bicyclic) bond motifs is 1. The van der Waals surface area contributed by atoms with E-state index in [2.05, 4.69) is 80.4 Å². The van der Waals surface area contributed by atoms with Gasteiger partial charge in [0.05, 0.1) is 5.52 Å². The van der Waals surface area contributed by atoms with E-state index in [9.17, 15) is 0 Å². The summed E-state index contributed by atoms with van der Waals surface area (Å²) in [5.74, 6) is 0.821. The largest absolute Gasteiger partial charge is 0.382 e. The van der Waals surface area contributed by atoms with Gasteiger partial charge >= 0.3 is 0 Å². The normalized spacial score (nSPS) is 22.1. The molecule has 0 radical (unpaired) electrons. The van der Waals surface area contributed by atoms with Crippen molar-refractivity contribution in [1.82, 2.24) is 24.8 Å². The number of aromatic nitrogens is 3. The van der Waals surface area contributed by atoms with E-state index in [-0.39, 0.29) is 0 Å². The van der Waals surface area contributed by atoms with Gasteiger partial charge in [0.1, 0.15) is 0 Å². The Morgan fingerprint density at radius 1 is 0.879 bits per heavy atom. The molecule has 0 bridgehead atoms. The zero-order valence-electron chi connectivity index (χ0n) is 20.0. The van der Waals surface area contributed by atoms with E-state index in [1.807, 2.05) is 18.6 Å². The molecule has 3 heterocycles. The molecule has 1 saturated heterocycles. The molecule has 0 amide bonds. The number of nitrogens with zero attached hydrogens (tertiary/aromatic N) is 6. The van der Waals surface area contributed by atoms with Gasteiger partial charge in [0.2, 0.25) is 5.95 Å². The highest BCUT2D eigenvalue weighted by Crippen LogP contribution is 2.30. The van der Waals surface area contributed by atoms with Crippen LogP contribution < -0.4 is 10.2 Å². The second-order valence-corrected chi connectivity index (χ2v) is 9.77. The third-order valence-electron chi connectivity index (χ3n) is 7.29. The lowest BCUT2D eigenvalue weighted by Gasteiger charge is -2.33. The average molecular weight is 446 g/mol. The van der Waals surface area contributed by atoms with Gasteiger partial charge in [0, 0.05) is 73.5 Å². The Kier molecular flexibility index (Phi) is 6.42. The number of nitrogens with one attached hydrogen (secondary N) is 1. The number of anilines is 2. The van der Waals surface area contributed by atoms with Gasteiger partial charge in [0.25, 0.3) is 0 Å². The molecule has 2 aromatic heterocycles. The SMILES string of the molecule is CN1CCN(c2ncc(-c3ccc4c(NC5CCC(N(C)C)CC5)ccnc4c3)cn2)CC1. The Hall–Kier alpha value is -2.77. The molecular weight excluding hydrogens is 410 g/mol. The van der Waals surface area contributed by atoms with Crippen LogP contribution in [-0.2, 0) is 0 Å². The van der Waals surface area contributed by atoms with Crippen LogP contribution in [0, 0.1) is 0 Å². The smallest absolute Gasteiger partial charge is 0.225 e. The van der Waals surface area contributed by atoms with E-state index in [1.54, 1.807) is 0 Å². The van der Waals surface area contributed by atoms with Gasteiger partial charge in [-0.2, -0.15) is 0 Å². The van der Waals surface area contributed by atoms with E-state index < -0.39 is 0 Å². The molecule has 2 fully saturated rings. The first-order chi connectivity index (χ1) is 16.1. The van der Waals surface area contributed by atoms with Gasteiger partial charge in [-0.1, -0.05) is 12.1 Å². The first kappa shape index (κ1) is 22.0. The Labute approximate surface area is 196 Å². The fourth-order valence-electron chi connectivity index (χ4n) is 5.05. The fourth-order valence-corrected chi connectivity index (χ4v) is 5.05. The van der Waals surface area contributed by atoms with Crippen LogP contribution in [0.4, 0.5) is 11.6 Å². The second-order valence-electron chi connectivity index (χ2n) is 9.77. The lowest BCUT2D eigenvalue weighted by Crippen LogP contribution is -2.45. The van der Waals surface area contributed by atoms with Crippen LogP contribution in [0.3, 0.4) is 0 Å². The van der Waals surface area contributed by atoms with Crippen molar-refractivity contribution < 1.29 is 0 Å². The van der Waals surface area contributed by atoms with Crippen molar-refractivity contribution in [2.45, 2.75) is 37.8 Å². The monoisotopic (exact) mass is 445 g/mol. The van der Waals surface area contributed by atoms with Gasteiger partial charge in [-0.15, -0.1) is 0 Å². The van der Waals surface area contributed by atoms with Crippen molar-refractivity contribution in [2.75, 3.05) is 57.5 Å². The average Bonchev–Trinajstić information content (AvgIpc) is 2.85. The predicted octanol–water partition coefficient (Wildman–Crippen LogP) is 3.73.